The zero-order valence-corrected chi connectivity index (χ0v) is 13.2. The minimum Gasteiger partial charge on any atom is -0.480 e. The maximum Gasteiger partial charge on any atom is 0.240 e. The molecule has 1 heterocycles. The molecular weight excluding hydrogens is 274 g/mol. The number of rotatable bonds is 11. The van der Waals surface area contributed by atoms with E-state index in [9.17, 15) is 0 Å². The lowest BCUT2D eigenvalue weighted by molar-refractivity contribution is 0.0575. The lowest BCUT2D eigenvalue weighted by atomic mass is 10.2. The molecule has 0 aliphatic heterocycles. The van der Waals surface area contributed by atoms with Crippen molar-refractivity contribution in [3.8, 4) is 11.8 Å². The van der Waals surface area contributed by atoms with E-state index in [-0.39, 0.29) is 6.04 Å². The summed E-state index contributed by atoms with van der Waals surface area (Å²) in [5, 5.41) is 3.39. The molecule has 1 rings (SSSR count). The van der Waals surface area contributed by atoms with Gasteiger partial charge in [0.15, 0.2) is 0 Å². The van der Waals surface area contributed by atoms with Gasteiger partial charge in [0.05, 0.1) is 46.3 Å². The zero-order chi connectivity index (χ0) is 15.5. The molecule has 1 aromatic heterocycles. The van der Waals surface area contributed by atoms with Crippen molar-refractivity contribution in [3.63, 3.8) is 0 Å². The predicted octanol–water partition coefficient (Wildman–Crippen LogP) is 1.20. The molecular formula is C14H25N3O4. The van der Waals surface area contributed by atoms with Crippen LogP contribution in [0.2, 0.25) is 0 Å². The van der Waals surface area contributed by atoms with Crippen LogP contribution in [0.4, 0.5) is 0 Å². The normalized spacial score (nSPS) is 12.2. The predicted molar refractivity (Wildman–Crippen MR) is 78.9 cm³/mol. The standard InChI is InChI=1S/C14H25N3O4/c1-5-6-15-11(10-21-8-7-18-2)13-14(20-4)17-12(19-3)9-16-13/h9,11,15H,5-8,10H2,1-4H3. The minimum atomic E-state index is -0.0878. The Morgan fingerprint density at radius 3 is 2.62 bits per heavy atom. The summed E-state index contributed by atoms with van der Waals surface area (Å²) in [5.41, 5.74) is 0.712. The molecule has 0 saturated carbocycles. The Morgan fingerprint density at radius 1 is 1.19 bits per heavy atom. The number of ether oxygens (including phenoxy) is 4. The molecule has 0 amide bonds. The highest BCUT2D eigenvalue weighted by Gasteiger charge is 2.19. The molecule has 1 unspecified atom stereocenters. The second-order valence-electron chi connectivity index (χ2n) is 4.38. The smallest absolute Gasteiger partial charge is 0.240 e. The molecule has 0 saturated heterocycles. The number of nitrogens with one attached hydrogen (secondary N) is 1. The lowest BCUT2D eigenvalue weighted by Crippen LogP contribution is -2.28. The van der Waals surface area contributed by atoms with Crippen LogP contribution in [-0.4, -0.2) is 57.7 Å². The third-order valence-corrected chi connectivity index (χ3v) is 2.83. The van der Waals surface area contributed by atoms with Gasteiger partial charge in [0.2, 0.25) is 11.8 Å². The summed E-state index contributed by atoms with van der Waals surface area (Å²) < 4.78 is 20.9. The van der Waals surface area contributed by atoms with E-state index in [0.29, 0.717) is 37.3 Å². The molecule has 0 radical (unpaired) electrons. The molecule has 0 aliphatic carbocycles. The van der Waals surface area contributed by atoms with E-state index in [2.05, 4.69) is 22.2 Å². The fourth-order valence-electron chi connectivity index (χ4n) is 1.75. The van der Waals surface area contributed by atoms with Gasteiger partial charge in [-0.3, -0.25) is 0 Å². The lowest BCUT2D eigenvalue weighted by Gasteiger charge is -2.19. The topological polar surface area (TPSA) is 74.7 Å². The van der Waals surface area contributed by atoms with E-state index >= 15 is 0 Å². The first-order chi connectivity index (χ1) is 10.3. The Labute approximate surface area is 126 Å². The summed E-state index contributed by atoms with van der Waals surface area (Å²) >= 11 is 0. The Hall–Kier alpha value is -1.44. The number of hydrogen-bond acceptors (Lipinski definition) is 7. The Bertz CT molecular complexity index is 404. The number of nitrogens with zero attached hydrogens (tertiary/aromatic N) is 2. The van der Waals surface area contributed by atoms with E-state index in [4.69, 9.17) is 18.9 Å². The van der Waals surface area contributed by atoms with Gasteiger partial charge in [-0.25, -0.2) is 4.98 Å². The molecule has 7 nitrogen and oxygen atoms in total. The van der Waals surface area contributed by atoms with Crippen molar-refractivity contribution in [2.24, 2.45) is 0 Å². The molecule has 21 heavy (non-hydrogen) atoms. The first-order valence-electron chi connectivity index (χ1n) is 7.01. The van der Waals surface area contributed by atoms with Gasteiger partial charge < -0.3 is 24.3 Å². The van der Waals surface area contributed by atoms with Crippen LogP contribution in [-0.2, 0) is 9.47 Å². The first-order valence-corrected chi connectivity index (χ1v) is 7.01. The summed E-state index contributed by atoms with van der Waals surface area (Å²) in [6.07, 6.45) is 2.59. The van der Waals surface area contributed by atoms with Crippen molar-refractivity contribution >= 4 is 0 Å². The molecule has 1 aromatic rings. The highest BCUT2D eigenvalue weighted by Crippen LogP contribution is 2.23. The zero-order valence-electron chi connectivity index (χ0n) is 13.2. The van der Waals surface area contributed by atoms with E-state index in [1.807, 2.05) is 0 Å². The van der Waals surface area contributed by atoms with E-state index < -0.39 is 0 Å². The largest absolute Gasteiger partial charge is 0.480 e. The molecule has 0 bridgehead atoms. The summed E-state index contributed by atoms with van der Waals surface area (Å²) in [6, 6.07) is -0.0878. The van der Waals surface area contributed by atoms with Crippen molar-refractivity contribution in [3.05, 3.63) is 11.9 Å². The second kappa shape index (κ2) is 10.3. The average Bonchev–Trinajstić information content (AvgIpc) is 2.53. The van der Waals surface area contributed by atoms with Crippen LogP contribution in [0.1, 0.15) is 25.1 Å². The van der Waals surface area contributed by atoms with E-state index in [1.165, 1.54) is 0 Å². The van der Waals surface area contributed by atoms with E-state index in [0.717, 1.165) is 13.0 Å². The van der Waals surface area contributed by atoms with Gasteiger partial charge in [0.25, 0.3) is 0 Å². The Morgan fingerprint density at radius 2 is 2.00 bits per heavy atom. The molecule has 1 atom stereocenters. The van der Waals surface area contributed by atoms with Crippen LogP contribution >= 0.6 is 0 Å². The van der Waals surface area contributed by atoms with Crippen LogP contribution < -0.4 is 14.8 Å². The van der Waals surface area contributed by atoms with Crippen molar-refractivity contribution < 1.29 is 18.9 Å². The molecule has 1 N–H and O–H groups in total. The van der Waals surface area contributed by atoms with Gasteiger partial charge in [-0.15, -0.1) is 0 Å². The Kier molecular flexibility index (Phi) is 8.65. The number of aromatic nitrogens is 2. The van der Waals surface area contributed by atoms with Crippen molar-refractivity contribution in [2.45, 2.75) is 19.4 Å². The van der Waals surface area contributed by atoms with Gasteiger partial charge in [-0.2, -0.15) is 4.98 Å². The maximum absolute atomic E-state index is 5.60. The summed E-state index contributed by atoms with van der Waals surface area (Å²) in [7, 11) is 4.76. The van der Waals surface area contributed by atoms with Crippen LogP contribution in [0.15, 0.2) is 6.20 Å². The van der Waals surface area contributed by atoms with Gasteiger partial charge in [0, 0.05) is 7.11 Å². The van der Waals surface area contributed by atoms with Crippen LogP contribution in [0, 0.1) is 0 Å². The highest BCUT2D eigenvalue weighted by atomic mass is 16.5. The summed E-state index contributed by atoms with van der Waals surface area (Å²) in [4.78, 5) is 8.64. The highest BCUT2D eigenvalue weighted by molar-refractivity contribution is 5.25. The van der Waals surface area contributed by atoms with Crippen LogP contribution in [0.25, 0.3) is 0 Å². The van der Waals surface area contributed by atoms with Gasteiger partial charge in [0.1, 0.15) is 5.69 Å². The quantitative estimate of drug-likeness (QED) is 0.615. The molecule has 120 valence electrons. The van der Waals surface area contributed by atoms with Crippen molar-refractivity contribution in [2.75, 3.05) is 47.7 Å². The minimum absolute atomic E-state index is 0.0878. The molecule has 0 aliphatic rings. The molecule has 0 spiro atoms. The first kappa shape index (κ1) is 17.6. The van der Waals surface area contributed by atoms with Gasteiger partial charge >= 0.3 is 0 Å². The summed E-state index contributed by atoms with van der Waals surface area (Å²) in [6.45, 7) is 4.53. The molecule has 0 fully saturated rings. The van der Waals surface area contributed by atoms with E-state index in [1.54, 1.807) is 27.5 Å². The fourth-order valence-corrected chi connectivity index (χ4v) is 1.75. The third kappa shape index (κ3) is 5.82. The van der Waals surface area contributed by atoms with Crippen molar-refractivity contribution in [1.29, 1.82) is 0 Å². The van der Waals surface area contributed by atoms with Gasteiger partial charge in [-0.1, -0.05) is 6.92 Å². The maximum atomic E-state index is 5.60. The second-order valence-corrected chi connectivity index (χ2v) is 4.38. The average molecular weight is 299 g/mol. The number of hydrogen-bond donors (Lipinski definition) is 1. The van der Waals surface area contributed by atoms with Crippen LogP contribution in [0.3, 0.4) is 0 Å². The fraction of sp³-hybridized carbons (Fsp3) is 0.714. The van der Waals surface area contributed by atoms with Gasteiger partial charge in [-0.05, 0) is 13.0 Å². The number of methoxy groups -OCH3 is 3. The van der Waals surface area contributed by atoms with Crippen molar-refractivity contribution in [1.82, 2.24) is 15.3 Å². The SMILES string of the molecule is CCCNC(COCCOC)c1ncc(OC)nc1OC. The summed E-state index contributed by atoms with van der Waals surface area (Å²) in [5.74, 6) is 0.864. The third-order valence-electron chi connectivity index (χ3n) is 2.83. The monoisotopic (exact) mass is 299 g/mol. The molecule has 7 heteroatoms. The van der Waals surface area contributed by atoms with Crippen LogP contribution in [0.5, 0.6) is 11.8 Å². The molecule has 0 aromatic carbocycles. The Balaban J connectivity index is 2.80.